The van der Waals surface area contributed by atoms with Gasteiger partial charge in [0.15, 0.2) is 11.6 Å². The van der Waals surface area contributed by atoms with E-state index < -0.39 is 5.82 Å². The van der Waals surface area contributed by atoms with Crippen molar-refractivity contribution in [3.8, 4) is 5.75 Å². The summed E-state index contributed by atoms with van der Waals surface area (Å²) in [4.78, 5) is 0. The van der Waals surface area contributed by atoms with Crippen LogP contribution in [0.4, 0.5) is 8.78 Å². The zero-order valence-corrected chi connectivity index (χ0v) is 12.4. The summed E-state index contributed by atoms with van der Waals surface area (Å²) in [5.74, 6) is -0.444. The summed E-state index contributed by atoms with van der Waals surface area (Å²) in [7, 11) is 3.17. The van der Waals surface area contributed by atoms with Gasteiger partial charge in [0.05, 0.1) is 7.11 Å². The number of aryl methyl sites for hydroxylation is 1. The fourth-order valence-corrected chi connectivity index (χ4v) is 2.40. The van der Waals surface area contributed by atoms with E-state index in [9.17, 15) is 8.78 Å². The molecule has 2 rings (SSSR count). The van der Waals surface area contributed by atoms with Crippen LogP contribution in [-0.2, 0) is 6.42 Å². The Morgan fingerprint density at radius 1 is 1.10 bits per heavy atom. The van der Waals surface area contributed by atoms with Gasteiger partial charge in [-0.2, -0.15) is 0 Å². The van der Waals surface area contributed by atoms with Crippen LogP contribution >= 0.6 is 0 Å². The highest BCUT2D eigenvalue weighted by molar-refractivity contribution is 5.34. The van der Waals surface area contributed by atoms with Crippen molar-refractivity contribution < 1.29 is 13.5 Å². The summed E-state index contributed by atoms with van der Waals surface area (Å²) >= 11 is 0. The molecule has 1 unspecified atom stereocenters. The molecule has 0 aliphatic carbocycles. The minimum Gasteiger partial charge on any atom is -0.494 e. The van der Waals surface area contributed by atoms with Crippen molar-refractivity contribution in [1.29, 1.82) is 0 Å². The van der Waals surface area contributed by atoms with E-state index in [-0.39, 0.29) is 17.6 Å². The van der Waals surface area contributed by atoms with Crippen LogP contribution in [0.1, 0.15) is 22.7 Å². The number of halogens is 2. The molecule has 0 saturated heterocycles. The van der Waals surface area contributed by atoms with E-state index in [1.807, 2.05) is 0 Å². The molecule has 0 saturated carbocycles. The monoisotopic (exact) mass is 291 g/mol. The Kier molecular flexibility index (Phi) is 4.91. The molecule has 0 aliphatic rings. The molecule has 2 nitrogen and oxygen atoms in total. The summed E-state index contributed by atoms with van der Waals surface area (Å²) in [6.07, 6.45) is 0.347. The summed E-state index contributed by atoms with van der Waals surface area (Å²) < 4.78 is 33.4. The third-order valence-electron chi connectivity index (χ3n) is 3.63. The molecule has 0 amide bonds. The van der Waals surface area contributed by atoms with Crippen molar-refractivity contribution in [2.24, 2.45) is 0 Å². The lowest BCUT2D eigenvalue weighted by atomic mass is 9.96. The van der Waals surface area contributed by atoms with Gasteiger partial charge in [-0.1, -0.05) is 30.3 Å². The van der Waals surface area contributed by atoms with Crippen LogP contribution in [0.5, 0.6) is 5.75 Å². The Morgan fingerprint density at radius 2 is 1.81 bits per heavy atom. The predicted molar refractivity (Wildman–Crippen MR) is 79.6 cm³/mol. The predicted octanol–water partition coefficient (Wildman–Crippen LogP) is 3.79. The minimum atomic E-state index is -0.395. The molecule has 0 spiro atoms. The fraction of sp³-hybridized carbons (Fsp3) is 0.294. The van der Waals surface area contributed by atoms with Crippen molar-refractivity contribution in [2.45, 2.75) is 19.4 Å². The quantitative estimate of drug-likeness (QED) is 0.905. The molecule has 4 heteroatoms. The Morgan fingerprint density at radius 3 is 2.48 bits per heavy atom. The van der Waals surface area contributed by atoms with Gasteiger partial charge in [0, 0.05) is 11.6 Å². The van der Waals surface area contributed by atoms with Crippen LogP contribution in [0.25, 0.3) is 0 Å². The molecule has 2 aromatic carbocycles. The van der Waals surface area contributed by atoms with Crippen molar-refractivity contribution in [3.05, 3.63) is 64.7 Å². The Labute approximate surface area is 123 Å². The second-order valence-corrected chi connectivity index (χ2v) is 4.96. The van der Waals surface area contributed by atoms with E-state index in [0.717, 1.165) is 0 Å². The first-order valence-electron chi connectivity index (χ1n) is 6.82. The highest BCUT2D eigenvalue weighted by atomic mass is 19.1. The maximum absolute atomic E-state index is 14.2. The molecule has 0 heterocycles. The SMILES string of the molecule is CNC(Cc1cccc(OC)c1F)c1cccc(C)c1F. The largest absolute Gasteiger partial charge is 0.494 e. The molecule has 0 radical (unpaired) electrons. The average molecular weight is 291 g/mol. The Hall–Kier alpha value is -1.94. The lowest BCUT2D eigenvalue weighted by Gasteiger charge is -2.19. The van der Waals surface area contributed by atoms with Gasteiger partial charge in [0.25, 0.3) is 0 Å². The Balaban J connectivity index is 2.34. The maximum Gasteiger partial charge on any atom is 0.168 e. The topological polar surface area (TPSA) is 21.3 Å². The Bertz CT molecular complexity index is 628. The molecular weight excluding hydrogens is 272 g/mol. The van der Waals surface area contributed by atoms with Gasteiger partial charge in [-0.15, -0.1) is 0 Å². The lowest BCUT2D eigenvalue weighted by molar-refractivity contribution is 0.382. The first-order chi connectivity index (χ1) is 10.1. The second kappa shape index (κ2) is 6.68. The van der Waals surface area contributed by atoms with E-state index in [0.29, 0.717) is 23.1 Å². The number of hydrogen-bond acceptors (Lipinski definition) is 2. The molecule has 112 valence electrons. The van der Waals surface area contributed by atoms with Gasteiger partial charge in [0.2, 0.25) is 0 Å². The van der Waals surface area contributed by atoms with Crippen LogP contribution < -0.4 is 10.1 Å². The standard InChI is InChI=1S/C17H19F2NO/c1-11-6-4-8-13(16(11)18)14(20-2)10-12-7-5-9-15(21-3)17(12)19/h4-9,14,20H,10H2,1-3H3. The van der Waals surface area contributed by atoms with Crippen LogP contribution in [0, 0.1) is 18.6 Å². The van der Waals surface area contributed by atoms with E-state index in [4.69, 9.17) is 4.74 Å². The number of hydrogen-bond donors (Lipinski definition) is 1. The highest BCUT2D eigenvalue weighted by Crippen LogP contribution is 2.27. The molecule has 1 N–H and O–H groups in total. The van der Waals surface area contributed by atoms with E-state index in [2.05, 4.69) is 5.32 Å². The summed E-state index contributed by atoms with van der Waals surface area (Å²) in [6.45, 7) is 1.72. The van der Waals surface area contributed by atoms with Gasteiger partial charge in [0.1, 0.15) is 5.82 Å². The third-order valence-corrected chi connectivity index (χ3v) is 3.63. The molecule has 0 bridgehead atoms. The van der Waals surface area contributed by atoms with Crippen LogP contribution in [0.15, 0.2) is 36.4 Å². The number of ether oxygens (including phenoxy) is 1. The van der Waals surface area contributed by atoms with E-state index in [1.54, 1.807) is 50.4 Å². The summed E-state index contributed by atoms with van der Waals surface area (Å²) in [5.41, 5.74) is 1.62. The molecule has 0 aliphatic heterocycles. The zero-order valence-electron chi connectivity index (χ0n) is 12.4. The van der Waals surface area contributed by atoms with Gasteiger partial charge in [-0.25, -0.2) is 8.78 Å². The molecule has 1 atom stereocenters. The van der Waals surface area contributed by atoms with E-state index in [1.165, 1.54) is 7.11 Å². The molecular formula is C17H19F2NO. The van der Waals surface area contributed by atoms with Crippen LogP contribution in [0.3, 0.4) is 0 Å². The van der Waals surface area contributed by atoms with Gasteiger partial charge >= 0.3 is 0 Å². The van der Waals surface area contributed by atoms with E-state index >= 15 is 0 Å². The highest BCUT2D eigenvalue weighted by Gasteiger charge is 2.18. The van der Waals surface area contributed by atoms with Gasteiger partial charge < -0.3 is 10.1 Å². The number of rotatable bonds is 5. The van der Waals surface area contributed by atoms with Crippen molar-refractivity contribution >= 4 is 0 Å². The fourth-order valence-electron chi connectivity index (χ4n) is 2.40. The number of likely N-dealkylation sites (N-methyl/N-ethyl adjacent to an activating group) is 1. The molecule has 21 heavy (non-hydrogen) atoms. The zero-order chi connectivity index (χ0) is 15.4. The molecule has 2 aromatic rings. The molecule has 0 fully saturated rings. The number of methoxy groups -OCH3 is 1. The second-order valence-electron chi connectivity index (χ2n) is 4.96. The van der Waals surface area contributed by atoms with Crippen LogP contribution in [-0.4, -0.2) is 14.2 Å². The normalized spacial score (nSPS) is 12.2. The third kappa shape index (κ3) is 3.22. The molecule has 0 aromatic heterocycles. The summed E-state index contributed by atoms with van der Waals surface area (Å²) in [6, 6.07) is 9.94. The number of nitrogens with one attached hydrogen (secondary N) is 1. The van der Waals surface area contributed by atoms with Crippen molar-refractivity contribution in [1.82, 2.24) is 5.32 Å². The summed E-state index contributed by atoms with van der Waals surface area (Å²) in [5, 5.41) is 3.05. The van der Waals surface area contributed by atoms with Crippen molar-refractivity contribution in [3.63, 3.8) is 0 Å². The van der Waals surface area contributed by atoms with Crippen molar-refractivity contribution in [2.75, 3.05) is 14.2 Å². The van der Waals surface area contributed by atoms with Gasteiger partial charge in [-0.05, 0) is 37.6 Å². The average Bonchev–Trinajstić information content (AvgIpc) is 2.49. The number of benzene rings is 2. The lowest BCUT2D eigenvalue weighted by Crippen LogP contribution is -2.21. The van der Waals surface area contributed by atoms with Crippen LogP contribution in [0.2, 0.25) is 0 Å². The smallest absolute Gasteiger partial charge is 0.168 e. The first kappa shape index (κ1) is 15.4. The first-order valence-corrected chi connectivity index (χ1v) is 6.82. The van der Waals surface area contributed by atoms with Gasteiger partial charge in [-0.3, -0.25) is 0 Å². The minimum absolute atomic E-state index is 0.201. The maximum atomic E-state index is 14.2.